The highest BCUT2D eigenvalue weighted by atomic mass is 127. The summed E-state index contributed by atoms with van der Waals surface area (Å²) in [6.45, 7) is 0.485. The highest BCUT2D eigenvalue weighted by molar-refractivity contribution is 14.1. The highest BCUT2D eigenvalue weighted by Gasteiger charge is 2.25. The molecule has 0 aliphatic carbocycles. The normalized spacial score (nSPS) is 11.9. The number of para-hydroxylation sites is 1. The van der Waals surface area contributed by atoms with Crippen LogP contribution in [0.1, 0.15) is 5.69 Å². The van der Waals surface area contributed by atoms with Gasteiger partial charge in [-0.25, -0.2) is 12.4 Å². The summed E-state index contributed by atoms with van der Waals surface area (Å²) in [6.07, 6.45) is 0. The van der Waals surface area contributed by atoms with Crippen LogP contribution in [0.4, 0.5) is 0 Å². The van der Waals surface area contributed by atoms with E-state index in [1.54, 1.807) is 24.3 Å². The number of hydrogen-bond acceptors (Lipinski definition) is 3. The SMILES string of the molecule is CNCc1c(I)c2ccccc2n1S(=O)(=O)c1ccccc1. The van der Waals surface area contributed by atoms with Crippen LogP contribution < -0.4 is 5.32 Å². The fourth-order valence-electron chi connectivity index (χ4n) is 2.52. The van der Waals surface area contributed by atoms with Gasteiger partial charge in [0.1, 0.15) is 0 Å². The number of aromatic nitrogens is 1. The van der Waals surface area contributed by atoms with Gasteiger partial charge in [-0.2, -0.15) is 0 Å². The van der Waals surface area contributed by atoms with Gasteiger partial charge in [0.05, 0.1) is 16.1 Å². The van der Waals surface area contributed by atoms with Gasteiger partial charge >= 0.3 is 0 Å². The van der Waals surface area contributed by atoms with Gasteiger partial charge in [-0.05, 0) is 47.8 Å². The van der Waals surface area contributed by atoms with Crippen molar-refractivity contribution in [1.29, 1.82) is 0 Å². The molecule has 22 heavy (non-hydrogen) atoms. The quantitative estimate of drug-likeness (QED) is 0.652. The van der Waals surface area contributed by atoms with Crippen LogP contribution in [0.5, 0.6) is 0 Å². The Bertz CT molecular complexity index is 918. The van der Waals surface area contributed by atoms with E-state index >= 15 is 0 Å². The maximum absolute atomic E-state index is 13.1. The molecule has 3 rings (SSSR count). The number of nitrogens with one attached hydrogen (secondary N) is 1. The molecule has 0 amide bonds. The molecule has 114 valence electrons. The fourth-order valence-corrected chi connectivity index (χ4v) is 5.14. The second kappa shape index (κ2) is 6.02. The van der Waals surface area contributed by atoms with Crippen molar-refractivity contribution >= 4 is 43.5 Å². The van der Waals surface area contributed by atoms with Gasteiger partial charge in [-0.3, -0.25) is 0 Å². The third-order valence-corrected chi connectivity index (χ3v) is 6.45. The Morgan fingerprint density at radius 1 is 1.05 bits per heavy atom. The van der Waals surface area contributed by atoms with E-state index in [0.717, 1.165) is 14.7 Å². The molecule has 0 spiro atoms. The van der Waals surface area contributed by atoms with Crippen LogP contribution in [0.15, 0.2) is 59.5 Å². The summed E-state index contributed by atoms with van der Waals surface area (Å²) >= 11 is 2.22. The summed E-state index contributed by atoms with van der Waals surface area (Å²) in [7, 11) is -1.81. The average molecular weight is 426 g/mol. The third-order valence-electron chi connectivity index (χ3n) is 3.48. The van der Waals surface area contributed by atoms with E-state index < -0.39 is 10.0 Å². The van der Waals surface area contributed by atoms with Crippen molar-refractivity contribution in [3.8, 4) is 0 Å². The summed E-state index contributed by atoms with van der Waals surface area (Å²) in [5, 5.41) is 4.01. The number of rotatable bonds is 4. The van der Waals surface area contributed by atoms with Crippen molar-refractivity contribution in [2.24, 2.45) is 0 Å². The van der Waals surface area contributed by atoms with Crippen LogP contribution in [0, 0.1) is 3.57 Å². The predicted octanol–water partition coefficient (Wildman–Crippen LogP) is 3.20. The summed E-state index contributed by atoms with van der Waals surface area (Å²) in [5.41, 5.74) is 1.47. The lowest BCUT2D eigenvalue weighted by molar-refractivity contribution is 0.585. The number of halogens is 1. The van der Waals surface area contributed by atoms with E-state index in [0.29, 0.717) is 17.0 Å². The molecule has 2 aromatic carbocycles. The first-order chi connectivity index (χ1) is 10.6. The van der Waals surface area contributed by atoms with Crippen LogP contribution in [0.3, 0.4) is 0 Å². The molecule has 1 aromatic heterocycles. The highest BCUT2D eigenvalue weighted by Crippen LogP contribution is 2.31. The topological polar surface area (TPSA) is 51.1 Å². The van der Waals surface area contributed by atoms with Gasteiger partial charge in [0.2, 0.25) is 0 Å². The number of hydrogen-bond donors (Lipinski definition) is 1. The van der Waals surface area contributed by atoms with Gasteiger partial charge in [0.15, 0.2) is 0 Å². The molecule has 0 fully saturated rings. The molecule has 0 aliphatic rings. The third kappa shape index (κ3) is 2.45. The van der Waals surface area contributed by atoms with E-state index in [2.05, 4.69) is 27.9 Å². The molecule has 0 atom stereocenters. The molecule has 6 heteroatoms. The lowest BCUT2D eigenvalue weighted by Gasteiger charge is -2.12. The molecule has 0 radical (unpaired) electrons. The molecule has 0 aliphatic heterocycles. The average Bonchev–Trinajstić information content (AvgIpc) is 2.82. The van der Waals surface area contributed by atoms with Gasteiger partial charge in [0.25, 0.3) is 10.0 Å². The summed E-state index contributed by atoms with van der Waals surface area (Å²) in [5.74, 6) is 0. The monoisotopic (exact) mass is 426 g/mol. The zero-order valence-electron chi connectivity index (χ0n) is 12.0. The zero-order valence-corrected chi connectivity index (χ0v) is 14.9. The second-order valence-electron chi connectivity index (χ2n) is 4.89. The maximum Gasteiger partial charge on any atom is 0.268 e. The van der Waals surface area contributed by atoms with Crippen molar-refractivity contribution in [2.45, 2.75) is 11.4 Å². The Labute approximate surface area is 143 Å². The molecule has 0 bridgehead atoms. The smallest absolute Gasteiger partial charge is 0.268 e. The van der Waals surface area contributed by atoms with Crippen LogP contribution in [0.2, 0.25) is 0 Å². The molecule has 1 heterocycles. The van der Waals surface area contributed by atoms with E-state index in [4.69, 9.17) is 0 Å². The van der Waals surface area contributed by atoms with E-state index in [1.165, 1.54) is 3.97 Å². The predicted molar refractivity (Wildman–Crippen MR) is 96.4 cm³/mol. The lowest BCUT2D eigenvalue weighted by Crippen LogP contribution is -2.19. The Kier molecular flexibility index (Phi) is 4.24. The summed E-state index contributed by atoms with van der Waals surface area (Å²) in [6, 6.07) is 16.1. The Morgan fingerprint density at radius 2 is 1.68 bits per heavy atom. The van der Waals surface area contributed by atoms with Crippen LogP contribution in [0.25, 0.3) is 10.9 Å². The second-order valence-corrected chi connectivity index (χ2v) is 7.76. The van der Waals surface area contributed by atoms with Crippen molar-refractivity contribution in [3.63, 3.8) is 0 Å². The number of benzene rings is 2. The number of fused-ring (bicyclic) bond motifs is 1. The van der Waals surface area contributed by atoms with Gasteiger partial charge in [-0.15, -0.1) is 0 Å². The zero-order chi connectivity index (χ0) is 15.7. The molecule has 0 unspecified atom stereocenters. The van der Waals surface area contributed by atoms with Crippen molar-refractivity contribution in [2.75, 3.05) is 7.05 Å². The maximum atomic E-state index is 13.1. The largest absolute Gasteiger partial charge is 0.314 e. The molecule has 0 saturated heterocycles. The van der Waals surface area contributed by atoms with Crippen molar-refractivity contribution in [1.82, 2.24) is 9.29 Å². The fraction of sp³-hybridized carbons (Fsp3) is 0.125. The minimum atomic E-state index is -3.63. The van der Waals surface area contributed by atoms with Crippen molar-refractivity contribution in [3.05, 3.63) is 63.9 Å². The Morgan fingerprint density at radius 3 is 2.36 bits per heavy atom. The van der Waals surface area contributed by atoms with E-state index in [-0.39, 0.29) is 0 Å². The van der Waals surface area contributed by atoms with Gasteiger partial charge in [-0.1, -0.05) is 36.4 Å². The molecule has 3 aromatic rings. The first-order valence-corrected chi connectivity index (χ1v) is 9.32. The first kappa shape index (κ1) is 15.5. The minimum absolute atomic E-state index is 0.296. The molecule has 1 N–H and O–H groups in total. The Balaban J connectivity index is 2.37. The lowest BCUT2D eigenvalue weighted by atomic mass is 10.2. The molecular weight excluding hydrogens is 411 g/mol. The first-order valence-electron chi connectivity index (χ1n) is 6.80. The van der Waals surface area contributed by atoms with E-state index in [1.807, 2.05) is 37.4 Å². The van der Waals surface area contributed by atoms with Gasteiger partial charge < -0.3 is 5.32 Å². The molecular formula is C16H15IN2O2S. The van der Waals surface area contributed by atoms with Gasteiger partial charge in [0, 0.05) is 15.5 Å². The van der Waals surface area contributed by atoms with Crippen LogP contribution in [-0.2, 0) is 16.6 Å². The minimum Gasteiger partial charge on any atom is -0.314 e. The standard InChI is InChI=1S/C16H15IN2O2S/c1-18-11-15-16(17)13-9-5-6-10-14(13)19(15)22(20,21)12-7-3-2-4-8-12/h2-10,18H,11H2,1H3. The molecule has 0 saturated carbocycles. The van der Waals surface area contributed by atoms with Crippen molar-refractivity contribution < 1.29 is 8.42 Å². The summed E-state index contributed by atoms with van der Waals surface area (Å²) < 4.78 is 28.6. The van der Waals surface area contributed by atoms with Crippen LogP contribution in [-0.4, -0.2) is 19.4 Å². The number of nitrogens with zero attached hydrogens (tertiary/aromatic N) is 1. The summed E-state index contributed by atoms with van der Waals surface area (Å²) in [4.78, 5) is 0.296. The molecule has 4 nitrogen and oxygen atoms in total. The van der Waals surface area contributed by atoms with Crippen LogP contribution >= 0.6 is 22.6 Å². The Hall–Kier alpha value is -1.38. The van der Waals surface area contributed by atoms with E-state index in [9.17, 15) is 8.42 Å².